The normalized spacial score (nSPS) is 10.7. The number of hydrogen-bond donors (Lipinski definition) is 1. The molecule has 0 fully saturated rings. The summed E-state index contributed by atoms with van der Waals surface area (Å²) in [6.45, 7) is 2.04. The van der Waals surface area contributed by atoms with Gasteiger partial charge < -0.3 is 10.5 Å². The third-order valence-electron chi connectivity index (χ3n) is 2.57. The van der Waals surface area contributed by atoms with E-state index in [-0.39, 0.29) is 5.01 Å². The number of carbonyl (C=O) groups excluding carboxylic acids is 2. The summed E-state index contributed by atoms with van der Waals surface area (Å²) in [4.78, 5) is 27.6. The topological polar surface area (TPSA) is 82.3 Å². The van der Waals surface area contributed by atoms with Crippen molar-refractivity contribution in [1.82, 2.24) is 4.98 Å². The first-order valence-corrected chi connectivity index (χ1v) is 7.14. The molecule has 0 atom stereocenters. The van der Waals surface area contributed by atoms with Gasteiger partial charge in [-0.3, -0.25) is 4.79 Å². The molecule has 1 amide bonds. The highest BCUT2D eigenvalue weighted by atomic mass is 32.1. The average molecular weight is 302 g/mol. The second-order valence-corrected chi connectivity index (χ2v) is 5.08. The number of rotatable bonds is 5. The van der Waals surface area contributed by atoms with Crippen LogP contribution < -0.4 is 5.73 Å². The van der Waals surface area contributed by atoms with Gasteiger partial charge in [0.05, 0.1) is 17.2 Å². The van der Waals surface area contributed by atoms with Crippen LogP contribution in [0, 0.1) is 0 Å². The predicted molar refractivity (Wildman–Crippen MR) is 81.7 cm³/mol. The van der Waals surface area contributed by atoms with E-state index in [0.29, 0.717) is 17.2 Å². The molecule has 0 aliphatic heterocycles. The Bertz CT molecular complexity index is 677. The van der Waals surface area contributed by atoms with Crippen LogP contribution in [0.25, 0.3) is 17.3 Å². The maximum atomic E-state index is 11.4. The van der Waals surface area contributed by atoms with Crippen LogP contribution in [0.3, 0.4) is 0 Å². The molecule has 1 aromatic heterocycles. The molecule has 2 aromatic rings. The maximum absolute atomic E-state index is 11.4. The Morgan fingerprint density at radius 3 is 2.67 bits per heavy atom. The highest BCUT2D eigenvalue weighted by molar-refractivity contribution is 7.15. The van der Waals surface area contributed by atoms with E-state index in [0.717, 1.165) is 16.9 Å². The van der Waals surface area contributed by atoms with Gasteiger partial charge in [0.15, 0.2) is 5.01 Å². The van der Waals surface area contributed by atoms with E-state index >= 15 is 0 Å². The number of nitrogens with two attached hydrogens (primary N) is 1. The van der Waals surface area contributed by atoms with E-state index in [9.17, 15) is 9.59 Å². The molecule has 108 valence electrons. The van der Waals surface area contributed by atoms with Gasteiger partial charge in [0, 0.05) is 11.6 Å². The van der Waals surface area contributed by atoms with E-state index in [4.69, 9.17) is 10.5 Å². The van der Waals surface area contributed by atoms with Gasteiger partial charge in [0.1, 0.15) is 0 Å². The van der Waals surface area contributed by atoms with Crippen molar-refractivity contribution >= 4 is 29.3 Å². The Morgan fingerprint density at radius 2 is 2.05 bits per heavy atom. The molecular formula is C15H14N2O3S. The fourth-order valence-electron chi connectivity index (χ4n) is 1.69. The molecule has 0 aliphatic rings. The Hall–Kier alpha value is -2.47. The van der Waals surface area contributed by atoms with Crippen molar-refractivity contribution in [3.63, 3.8) is 0 Å². The Balaban J connectivity index is 2.39. The highest BCUT2D eigenvalue weighted by Crippen LogP contribution is 2.29. The predicted octanol–water partition coefficient (Wildman–Crippen LogP) is 2.49. The molecule has 0 bridgehead atoms. The quantitative estimate of drug-likeness (QED) is 0.679. The minimum atomic E-state index is -0.590. The second-order valence-electron chi connectivity index (χ2n) is 4.05. The Morgan fingerprint density at radius 1 is 1.33 bits per heavy atom. The van der Waals surface area contributed by atoms with E-state index in [1.54, 1.807) is 13.0 Å². The van der Waals surface area contributed by atoms with Crippen LogP contribution in [0.2, 0.25) is 0 Å². The van der Waals surface area contributed by atoms with Crippen LogP contribution >= 0.6 is 11.3 Å². The van der Waals surface area contributed by atoms with Crippen molar-refractivity contribution < 1.29 is 14.3 Å². The fraction of sp³-hybridized carbons (Fsp3) is 0.133. The first kappa shape index (κ1) is 14.9. The Labute approximate surface area is 126 Å². The van der Waals surface area contributed by atoms with Crippen LogP contribution in [-0.2, 0) is 9.53 Å². The number of ether oxygens (including phenoxy) is 1. The lowest BCUT2D eigenvalue weighted by molar-refractivity contribution is -0.137. The minimum Gasteiger partial charge on any atom is -0.463 e. The average Bonchev–Trinajstić information content (AvgIpc) is 2.91. The van der Waals surface area contributed by atoms with Crippen LogP contribution in [0.15, 0.2) is 36.4 Å². The maximum Gasteiger partial charge on any atom is 0.330 e. The number of carbonyl (C=O) groups is 2. The number of aromatic nitrogens is 1. The number of nitrogens with zero attached hydrogens (tertiary/aromatic N) is 1. The molecule has 0 unspecified atom stereocenters. The summed E-state index contributed by atoms with van der Waals surface area (Å²) in [5.41, 5.74) is 6.74. The number of esters is 1. The van der Waals surface area contributed by atoms with Gasteiger partial charge >= 0.3 is 5.97 Å². The number of benzene rings is 1. The van der Waals surface area contributed by atoms with E-state index < -0.39 is 11.9 Å². The summed E-state index contributed by atoms with van der Waals surface area (Å²) in [5, 5.41) is 0.206. The van der Waals surface area contributed by atoms with Gasteiger partial charge in [-0.05, 0) is 13.0 Å². The van der Waals surface area contributed by atoms with Crippen LogP contribution in [0.1, 0.15) is 21.6 Å². The highest BCUT2D eigenvalue weighted by Gasteiger charge is 2.14. The molecule has 2 rings (SSSR count). The zero-order valence-corrected chi connectivity index (χ0v) is 12.2. The molecule has 5 nitrogen and oxygen atoms in total. The number of thiazole rings is 1. The molecule has 21 heavy (non-hydrogen) atoms. The monoisotopic (exact) mass is 302 g/mol. The molecule has 0 spiro atoms. The van der Waals surface area contributed by atoms with Crippen LogP contribution in [0.4, 0.5) is 0 Å². The summed E-state index contributed by atoms with van der Waals surface area (Å²) in [7, 11) is 0. The fourth-order valence-corrected chi connectivity index (χ4v) is 2.53. The molecule has 1 heterocycles. The first-order valence-electron chi connectivity index (χ1n) is 6.32. The number of amides is 1. The third kappa shape index (κ3) is 3.76. The van der Waals surface area contributed by atoms with E-state index in [1.807, 2.05) is 30.3 Å². The summed E-state index contributed by atoms with van der Waals surface area (Å²) >= 11 is 1.14. The zero-order chi connectivity index (χ0) is 15.2. The molecule has 0 radical (unpaired) electrons. The summed E-state index contributed by atoms with van der Waals surface area (Å²) in [5.74, 6) is -1.03. The van der Waals surface area contributed by atoms with Gasteiger partial charge in [0.2, 0.25) is 0 Å². The van der Waals surface area contributed by atoms with Gasteiger partial charge in [-0.15, -0.1) is 11.3 Å². The third-order valence-corrected chi connectivity index (χ3v) is 3.60. The summed E-state index contributed by atoms with van der Waals surface area (Å²) < 4.78 is 4.83. The molecule has 0 aliphatic carbocycles. The summed E-state index contributed by atoms with van der Waals surface area (Å²) in [6, 6.07) is 9.39. The lowest BCUT2D eigenvalue weighted by Gasteiger charge is -1.98. The molecule has 6 heteroatoms. The van der Waals surface area contributed by atoms with Crippen molar-refractivity contribution in [2.75, 3.05) is 6.61 Å². The van der Waals surface area contributed by atoms with Crippen molar-refractivity contribution in [3.8, 4) is 11.3 Å². The molecule has 0 saturated carbocycles. The molecular weight excluding hydrogens is 288 g/mol. The SMILES string of the molecule is CCOC(=O)/C=C/c1sc(C(N)=O)nc1-c1ccccc1. The van der Waals surface area contributed by atoms with Crippen molar-refractivity contribution in [3.05, 3.63) is 46.3 Å². The van der Waals surface area contributed by atoms with Crippen LogP contribution in [0.5, 0.6) is 0 Å². The standard InChI is InChI=1S/C15H14N2O3S/c1-2-20-12(18)9-8-11-13(10-6-4-3-5-7-10)17-15(21-11)14(16)19/h3-9H,2H2,1H3,(H2,16,19)/b9-8+. The number of hydrogen-bond acceptors (Lipinski definition) is 5. The zero-order valence-electron chi connectivity index (χ0n) is 11.4. The van der Waals surface area contributed by atoms with Gasteiger partial charge in [0.25, 0.3) is 5.91 Å². The minimum absolute atomic E-state index is 0.206. The lowest BCUT2D eigenvalue weighted by Crippen LogP contribution is -2.10. The lowest BCUT2D eigenvalue weighted by atomic mass is 10.1. The largest absolute Gasteiger partial charge is 0.463 e. The van der Waals surface area contributed by atoms with Crippen molar-refractivity contribution in [1.29, 1.82) is 0 Å². The van der Waals surface area contributed by atoms with Crippen LogP contribution in [-0.4, -0.2) is 23.5 Å². The smallest absolute Gasteiger partial charge is 0.330 e. The second kappa shape index (κ2) is 6.81. The van der Waals surface area contributed by atoms with E-state index in [2.05, 4.69) is 4.98 Å². The molecule has 1 aromatic carbocycles. The van der Waals surface area contributed by atoms with Gasteiger partial charge in [-0.25, -0.2) is 9.78 Å². The molecule has 2 N–H and O–H groups in total. The van der Waals surface area contributed by atoms with Gasteiger partial charge in [-0.1, -0.05) is 30.3 Å². The van der Waals surface area contributed by atoms with Crippen molar-refractivity contribution in [2.24, 2.45) is 5.73 Å². The first-order chi connectivity index (χ1) is 10.1. The Kier molecular flexibility index (Phi) is 4.84. The van der Waals surface area contributed by atoms with E-state index in [1.165, 1.54) is 6.08 Å². The van der Waals surface area contributed by atoms with Crippen molar-refractivity contribution in [2.45, 2.75) is 6.92 Å². The summed E-state index contributed by atoms with van der Waals surface area (Å²) in [6.07, 6.45) is 2.90. The van der Waals surface area contributed by atoms with Gasteiger partial charge in [-0.2, -0.15) is 0 Å². The molecule has 0 saturated heterocycles. The number of primary amides is 1.